The van der Waals surface area contributed by atoms with Crippen LogP contribution >= 0.6 is 11.6 Å². The van der Waals surface area contributed by atoms with Gasteiger partial charge in [0.25, 0.3) is 0 Å². The Labute approximate surface area is 220 Å². The Kier molecular flexibility index (Phi) is 7.90. The number of fused-ring (bicyclic) bond motifs is 1. The van der Waals surface area contributed by atoms with Crippen molar-refractivity contribution in [2.75, 3.05) is 32.1 Å². The molecule has 0 unspecified atom stereocenters. The molecular weight excluding hydrogens is 499 g/mol. The summed E-state index contributed by atoms with van der Waals surface area (Å²) in [7, 11) is 1.42. The Bertz CT molecular complexity index is 1270. The number of halogens is 2. The van der Waals surface area contributed by atoms with Gasteiger partial charge in [-0.25, -0.2) is 14.4 Å². The number of methoxy groups -OCH3 is 1. The van der Waals surface area contributed by atoms with Crippen molar-refractivity contribution >= 4 is 40.0 Å². The number of esters is 1. The van der Waals surface area contributed by atoms with Crippen molar-refractivity contribution in [3.63, 3.8) is 0 Å². The Hall–Kier alpha value is -3.17. The van der Waals surface area contributed by atoms with Crippen molar-refractivity contribution < 1.29 is 23.4 Å². The SMILES string of the molecule is COC(=O)[C@H]1CCCN1CCOc1cc2c(Nc3ccc(F)c(Cl)c3)ncnc2cc1OC1CCCC1. The first kappa shape index (κ1) is 25.5. The maximum absolute atomic E-state index is 13.6. The standard InChI is InChI=1S/C27H30ClFN4O4/c1-35-27(34)23-7-4-10-33(23)11-12-36-24-14-19-22(15-25(24)37-18-5-2-3-6-18)30-16-31-26(19)32-17-8-9-21(29)20(28)13-17/h8-9,13-16,18,23H,2-7,10-12H2,1H3,(H,30,31,32)/t23-/m1/s1. The van der Waals surface area contributed by atoms with Gasteiger partial charge in [0, 0.05) is 23.7 Å². The second kappa shape index (κ2) is 11.5. The van der Waals surface area contributed by atoms with Gasteiger partial charge in [0.1, 0.15) is 30.6 Å². The average Bonchev–Trinajstić information content (AvgIpc) is 3.59. The quantitative estimate of drug-likeness (QED) is 0.364. The minimum Gasteiger partial charge on any atom is -0.488 e. The molecule has 1 saturated carbocycles. The molecule has 2 aromatic carbocycles. The second-order valence-electron chi connectivity index (χ2n) is 9.38. The third-order valence-electron chi connectivity index (χ3n) is 6.95. The number of likely N-dealkylation sites (tertiary alicyclic amines) is 1. The van der Waals surface area contributed by atoms with Crippen molar-refractivity contribution in [3.05, 3.63) is 47.5 Å². The molecule has 5 rings (SSSR count). The van der Waals surface area contributed by atoms with E-state index in [2.05, 4.69) is 20.2 Å². The molecule has 1 aromatic heterocycles. The first-order chi connectivity index (χ1) is 18.0. The Morgan fingerprint density at radius 2 is 1.97 bits per heavy atom. The van der Waals surface area contributed by atoms with Gasteiger partial charge in [-0.1, -0.05) is 11.6 Å². The summed E-state index contributed by atoms with van der Waals surface area (Å²) in [6, 6.07) is 7.92. The predicted octanol–water partition coefficient (Wildman–Crippen LogP) is 5.50. The molecule has 2 fully saturated rings. The lowest BCUT2D eigenvalue weighted by atomic mass is 10.2. The summed E-state index contributed by atoms with van der Waals surface area (Å²) in [5.41, 5.74) is 1.29. The van der Waals surface area contributed by atoms with Gasteiger partial charge in [-0.05, 0) is 69.3 Å². The number of aromatic nitrogens is 2. The van der Waals surface area contributed by atoms with Gasteiger partial charge in [-0.15, -0.1) is 0 Å². The Balaban J connectivity index is 1.40. The average molecular weight is 529 g/mol. The Morgan fingerprint density at radius 1 is 1.14 bits per heavy atom. The molecule has 1 aliphatic carbocycles. The van der Waals surface area contributed by atoms with Crippen LogP contribution in [0.3, 0.4) is 0 Å². The maximum Gasteiger partial charge on any atom is 0.323 e. The van der Waals surface area contributed by atoms with E-state index in [1.54, 1.807) is 6.07 Å². The van der Waals surface area contributed by atoms with E-state index in [0.29, 0.717) is 41.7 Å². The third kappa shape index (κ3) is 5.88. The zero-order chi connectivity index (χ0) is 25.8. The summed E-state index contributed by atoms with van der Waals surface area (Å²) in [5.74, 6) is 1.07. The van der Waals surface area contributed by atoms with Crippen LogP contribution in [0.1, 0.15) is 38.5 Å². The van der Waals surface area contributed by atoms with Crippen LogP contribution in [-0.4, -0.2) is 59.8 Å². The van der Waals surface area contributed by atoms with Crippen LogP contribution in [0.5, 0.6) is 11.5 Å². The topological polar surface area (TPSA) is 85.8 Å². The molecule has 0 spiro atoms. The minimum atomic E-state index is -0.489. The van der Waals surface area contributed by atoms with Crippen molar-refractivity contribution in [2.24, 2.45) is 0 Å². The molecule has 2 heterocycles. The van der Waals surface area contributed by atoms with Crippen LogP contribution < -0.4 is 14.8 Å². The van der Waals surface area contributed by atoms with Crippen molar-refractivity contribution in [1.82, 2.24) is 14.9 Å². The highest BCUT2D eigenvalue weighted by molar-refractivity contribution is 6.31. The molecule has 196 valence electrons. The minimum absolute atomic E-state index is 0.0202. The number of benzene rings is 2. The molecule has 1 N–H and O–H groups in total. The number of ether oxygens (including phenoxy) is 3. The van der Waals surface area contributed by atoms with Gasteiger partial charge in [-0.3, -0.25) is 9.69 Å². The van der Waals surface area contributed by atoms with Crippen molar-refractivity contribution in [3.8, 4) is 11.5 Å². The van der Waals surface area contributed by atoms with Crippen LogP contribution in [0.15, 0.2) is 36.7 Å². The summed E-state index contributed by atoms with van der Waals surface area (Å²) in [5, 5.41) is 3.95. The fourth-order valence-electron chi connectivity index (χ4n) is 5.03. The lowest BCUT2D eigenvalue weighted by Gasteiger charge is -2.23. The first-order valence-corrected chi connectivity index (χ1v) is 13.0. The van der Waals surface area contributed by atoms with Gasteiger partial charge in [0.05, 0.1) is 23.8 Å². The number of nitrogens with one attached hydrogen (secondary N) is 1. The van der Waals surface area contributed by atoms with E-state index in [1.807, 2.05) is 12.1 Å². The number of rotatable bonds is 9. The lowest BCUT2D eigenvalue weighted by Crippen LogP contribution is -2.39. The molecular formula is C27H30ClFN4O4. The van der Waals surface area contributed by atoms with Gasteiger partial charge in [0.2, 0.25) is 0 Å². The van der Waals surface area contributed by atoms with E-state index in [4.69, 9.17) is 25.8 Å². The van der Waals surface area contributed by atoms with Crippen LogP contribution in [0.25, 0.3) is 10.9 Å². The molecule has 1 saturated heterocycles. The highest BCUT2D eigenvalue weighted by Gasteiger charge is 2.31. The normalized spacial score (nSPS) is 18.3. The molecule has 37 heavy (non-hydrogen) atoms. The molecule has 10 heteroatoms. The van der Waals surface area contributed by atoms with E-state index in [0.717, 1.165) is 50.5 Å². The molecule has 0 bridgehead atoms. The zero-order valence-corrected chi connectivity index (χ0v) is 21.5. The van der Waals surface area contributed by atoms with E-state index >= 15 is 0 Å². The number of anilines is 2. The van der Waals surface area contributed by atoms with Gasteiger partial charge in [0.15, 0.2) is 11.5 Å². The maximum atomic E-state index is 13.6. The van der Waals surface area contributed by atoms with E-state index in [9.17, 15) is 9.18 Å². The number of nitrogens with zero attached hydrogens (tertiary/aromatic N) is 3. The number of hydrogen-bond acceptors (Lipinski definition) is 8. The fraction of sp³-hybridized carbons (Fsp3) is 0.444. The molecule has 1 atom stereocenters. The summed E-state index contributed by atoms with van der Waals surface area (Å²) in [6.07, 6.45) is 7.66. The summed E-state index contributed by atoms with van der Waals surface area (Å²) in [6.45, 7) is 1.80. The van der Waals surface area contributed by atoms with Gasteiger partial charge >= 0.3 is 5.97 Å². The fourth-order valence-corrected chi connectivity index (χ4v) is 5.22. The third-order valence-corrected chi connectivity index (χ3v) is 7.24. The monoisotopic (exact) mass is 528 g/mol. The smallest absolute Gasteiger partial charge is 0.323 e. The van der Waals surface area contributed by atoms with Gasteiger partial charge < -0.3 is 19.5 Å². The van der Waals surface area contributed by atoms with Crippen LogP contribution in [0.2, 0.25) is 5.02 Å². The molecule has 8 nitrogen and oxygen atoms in total. The van der Waals surface area contributed by atoms with E-state index in [1.165, 1.54) is 25.6 Å². The second-order valence-corrected chi connectivity index (χ2v) is 9.79. The van der Waals surface area contributed by atoms with Gasteiger partial charge in [-0.2, -0.15) is 0 Å². The summed E-state index contributed by atoms with van der Waals surface area (Å²) < 4.78 is 31.2. The molecule has 2 aliphatic rings. The van der Waals surface area contributed by atoms with Crippen molar-refractivity contribution in [1.29, 1.82) is 0 Å². The van der Waals surface area contributed by atoms with Crippen LogP contribution in [0.4, 0.5) is 15.9 Å². The number of carbonyl (C=O) groups excluding carboxylic acids is 1. The zero-order valence-electron chi connectivity index (χ0n) is 20.7. The van der Waals surface area contributed by atoms with Crippen molar-refractivity contribution in [2.45, 2.75) is 50.7 Å². The van der Waals surface area contributed by atoms with E-state index < -0.39 is 5.82 Å². The Morgan fingerprint density at radius 3 is 2.76 bits per heavy atom. The molecule has 0 amide bonds. The lowest BCUT2D eigenvalue weighted by molar-refractivity contribution is -0.145. The molecule has 3 aromatic rings. The largest absolute Gasteiger partial charge is 0.488 e. The summed E-state index contributed by atoms with van der Waals surface area (Å²) >= 11 is 5.96. The van der Waals surface area contributed by atoms with E-state index in [-0.39, 0.29) is 23.1 Å². The highest BCUT2D eigenvalue weighted by Crippen LogP contribution is 2.37. The highest BCUT2D eigenvalue weighted by atomic mass is 35.5. The summed E-state index contributed by atoms with van der Waals surface area (Å²) in [4.78, 5) is 23.0. The predicted molar refractivity (Wildman–Crippen MR) is 139 cm³/mol. The van der Waals surface area contributed by atoms with Crippen LogP contribution in [-0.2, 0) is 9.53 Å². The number of hydrogen-bond donors (Lipinski definition) is 1. The molecule has 0 radical (unpaired) electrons. The van der Waals surface area contributed by atoms with Crippen LogP contribution in [0, 0.1) is 5.82 Å². The molecule has 1 aliphatic heterocycles. The number of carbonyl (C=O) groups is 1. The first-order valence-electron chi connectivity index (χ1n) is 12.6.